The van der Waals surface area contributed by atoms with E-state index >= 15 is 0 Å². The van der Waals surface area contributed by atoms with Crippen LogP contribution in [0.4, 0.5) is 0 Å². The maximum atomic E-state index is 10.6. The first-order valence-corrected chi connectivity index (χ1v) is 4.69. The van der Waals surface area contributed by atoms with Crippen LogP contribution in [0.15, 0.2) is 6.07 Å². The Kier molecular flexibility index (Phi) is 3.07. The second-order valence-corrected chi connectivity index (χ2v) is 3.49. The summed E-state index contributed by atoms with van der Waals surface area (Å²) in [5, 5.41) is 12.8. The van der Waals surface area contributed by atoms with Gasteiger partial charge in [-0.1, -0.05) is 6.92 Å². The molecular formula is C7H9IN2O2. The Morgan fingerprint density at radius 3 is 3.00 bits per heavy atom. The van der Waals surface area contributed by atoms with Gasteiger partial charge in [-0.2, -0.15) is 5.10 Å². The van der Waals surface area contributed by atoms with Crippen LogP contribution < -0.4 is 0 Å². The molecule has 0 fully saturated rings. The highest BCUT2D eigenvalue weighted by atomic mass is 127. The van der Waals surface area contributed by atoms with E-state index in [4.69, 9.17) is 5.11 Å². The van der Waals surface area contributed by atoms with Crippen LogP contribution in [0.1, 0.15) is 23.8 Å². The molecule has 0 aliphatic rings. The Balaban J connectivity index is 2.99. The summed E-state index contributed by atoms with van der Waals surface area (Å²) in [5.74, 6) is -0.918. The van der Waals surface area contributed by atoms with Crippen LogP contribution in [-0.4, -0.2) is 20.9 Å². The molecule has 4 nitrogen and oxygen atoms in total. The van der Waals surface area contributed by atoms with Crippen molar-refractivity contribution in [3.63, 3.8) is 0 Å². The van der Waals surface area contributed by atoms with E-state index in [0.717, 1.165) is 10.1 Å². The van der Waals surface area contributed by atoms with E-state index in [1.54, 1.807) is 6.07 Å². The highest BCUT2D eigenvalue weighted by Gasteiger charge is 2.11. The zero-order valence-electron chi connectivity index (χ0n) is 6.62. The van der Waals surface area contributed by atoms with E-state index in [-0.39, 0.29) is 5.69 Å². The fourth-order valence-electron chi connectivity index (χ4n) is 0.940. The second kappa shape index (κ2) is 3.88. The SMILES string of the molecule is CCCn1nc(I)cc1C(=O)O. The Morgan fingerprint density at radius 2 is 2.50 bits per heavy atom. The third-order valence-electron chi connectivity index (χ3n) is 1.40. The minimum atomic E-state index is -0.918. The van der Waals surface area contributed by atoms with Crippen molar-refractivity contribution in [2.24, 2.45) is 0 Å². The van der Waals surface area contributed by atoms with Gasteiger partial charge in [-0.15, -0.1) is 0 Å². The quantitative estimate of drug-likeness (QED) is 0.855. The van der Waals surface area contributed by atoms with Crippen molar-refractivity contribution in [1.29, 1.82) is 0 Å². The van der Waals surface area contributed by atoms with E-state index in [1.807, 2.05) is 29.5 Å². The van der Waals surface area contributed by atoms with Crippen molar-refractivity contribution in [3.05, 3.63) is 15.5 Å². The van der Waals surface area contributed by atoms with Crippen molar-refractivity contribution in [2.45, 2.75) is 19.9 Å². The Bertz CT molecular complexity index is 296. The van der Waals surface area contributed by atoms with Gasteiger partial charge in [0.25, 0.3) is 0 Å². The van der Waals surface area contributed by atoms with Crippen LogP contribution in [-0.2, 0) is 6.54 Å². The van der Waals surface area contributed by atoms with Gasteiger partial charge in [0, 0.05) is 12.6 Å². The maximum Gasteiger partial charge on any atom is 0.354 e. The number of hydrogen-bond acceptors (Lipinski definition) is 2. The summed E-state index contributed by atoms with van der Waals surface area (Å²) in [7, 11) is 0. The van der Waals surface area contributed by atoms with Crippen molar-refractivity contribution in [3.8, 4) is 0 Å². The van der Waals surface area contributed by atoms with Gasteiger partial charge in [0.05, 0.1) is 0 Å². The lowest BCUT2D eigenvalue weighted by Gasteiger charge is -1.99. The maximum absolute atomic E-state index is 10.6. The molecule has 0 saturated carbocycles. The molecule has 1 aromatic rings. The van der Waals surface area contributed by atoms with Crippen LogP contribution in [0.25, 0.3) is 0 Å². The first kappa shape index (κ1) is 9.50. The van der Waals surface area contributed by atoms with E-state index in [9.17, 15) is 4.79 Å². The molecule has 0 unspecified atom stereocenters. The normalized spacial score (nSPS) is 10.2. The minimum absolute atomic E-state index is 0.265. The number of hydrogen-bond donors (Lipinski definition) is 1. The van der Waals surface area contributed by atoms with Gasteiger partial charge in [0.1, 0.15) is 9.39 Å². The predicted molar refractivity (Wildman–Crippen MR) is 52.2 cm³/mol. The number of carboxylic acid groups (broad SMARTS) is 1. The van der Waals surface area contributed by atoms with Gasteiger partial charge >= 0.3 is 5.97 Å². The molecule has 0 aliphatic carbocycles. The molecule has 1 N–H and O–H groups in total. The van der Waals surface area contributed by atoms with Crippen molar-refractivity contribution in [1.82, 2.24) is 9.78 Å². The summed E-state index contributed by atoms with van der Waals surface area (Å²) < 4.78 is 2.24. The van der Waals surface area contributed by atoms with Crippen molar-refractivity contribution in [2.75, 3.05) is 0 Å². The molecule has 0 amide bonds. The zero-order valence-corrected chi connectivity index (χ0v) is 8.78. The molecule has 0 saturated heterocycles. The molecule has 1 heterocycles. The first-order valence-electron chi connectivity index (χ1n) is 3.61. The smallest absolute Gasteiger partial charge is 0.354 e. The molecule has 12 heavy (non-hydrogen) atoms. The Labute approximate surface area is 83.7 Å². The van der Waals surface area contributed by atoms with Gasteiger partial charge in [0.15, 0.2) is 0 Å². The number of rotatable bonds is 3. The molecule has 0 spiro atoms. The minimum Gasteiger partial charge on any atom is -0.477 e. The molecule has 5 heteroatoms. The highest BCUT2D eigenvalue weighted by molar-refractivity contribution is 14.1. The molecule has 0 radical (unpaired) electrons. The van der Waals surface area contributed by atoms with E-state index in [0.29, 0.717) is 6.54 Å². The topological polar surface area (TPSA) is 55.1 Å². The van der Waals surface area contributed by atoms with E-state index < -0.39 is 5.97 Å². The summed E-state index contributed by atoms with van der Waals surface area (Å²) >= 11 is 2.00. The molecule has 0 aliphatic heterocycles. The first-order chi connectivity index (χ1) is 5.65. The molecule has 1 aromatic heterocycles. The van der Waals surface area contributed by atoms with E-state index in [2.05, 4.69) is 5.10 Å². The average Bonchev–Trinajstić information content (AvgIpc) is 2.32. The molecule has 0 atom stereocenters. The third kappa shape index (κ3) is 1.96. The van der Waals surface area contributed by atoms with Crippen LogP contribution in [0.2, 0.25) is 0 Å². The van der Waals surface area contributed by atoms with Crippen LogP contribution in [0, 0.1) is 3.70 Å². The fourth-order valence-corrected chi connectivity index (χ4v) is 1.50. The fraction of sp³-hybridized carbons (Fsp3) is 0.429. The van der Waals surface area contributed by atoms with Gasteiger partial charge in [-0.3, -0.25) is 4.68 Å². The Morgan fingerprint density at radius 1 is 1.83 bits per heavy atom. The monoisotopic (exact) mass is 280 g/mol. The summed E-state index contributed by atoms with van der Waals surface area (Å²) in [4.78, 5) is 10.6. The van der Waals surface area contributed by atoms with Crippen LogP contribution >= 0.6 is 22.6 Å². The standard InChI is InChI=1S/C7H9IN2O2/c1-2-3-10-5(7(11)12)4-6(8)9-10/h4H,2-3H2,1H3,(H,11,12). The summed E-state index contributed by atoms with van der Waals surface area (Å²) in [6.45, 7) is 2.64. The van der Waals surface area contributed by atoms with Crippen molar-refractivity contribution < 1.29 is 9.90 Å². The van der Waals surface area contributed by atoms with Crippen molar-refractivity contribution >= 4 is 28.6 Å². The highest BCUT2D eigenvalue weighted by Crippen LogP contribution is 2.07. The molecule has 0 bridgehead atoms. The van der Waals surface area contributed by atoms with Gasteiger partial charge in [-0.25, -0.2) is 4.79 Å². The molecule has 0 aromatic carbocycles. The summed E-state index contributed by atoms with van der Waals surface area (Å²) in [5.41, 5.74) is 0.265. The lowest BCUT2D eigenvalue weighted by molar-refractivity contribution is 0.0683. The number of nitrogens with zero attached hydrogens (tertiary/aromatic N) is 2. The number of aryl methyl sites for hydroxylation is 1. The number of aromatic nitrogens is 2. The van der Waals surface area contributed by atoms with Crippen LogP contribution in [0.5, 0.6) is 0 Å². The number of aromatic carboxylic acids is 1. The molecule has 66 valence electrons. The van der Waals surface area contributed by atoms with E-state index in [1.165, 1.54) is 4.68 Å². The lowest BCUT2D eigenvalue weighted by atomic mass is 10.4. The second-order valence-electron chi connectivity index (χ2n) is 2.38. The summed E-state index contributed by atoms with van der Waals surface area (Å²) in [6.07, 6.45) is 0.887. The third-order valence-corrected chi connectivity index (χ3v) is 1.93. The van der Waals surface area contributed by atoms with Gasteiger partial charge in [0.2, 0.25) is 0 Å². The van der Waals surface area contributed by atoms with Crippen LogP contribution in [0.3, 0.4) is 0 Å². The number of carbonyl (C=O) groups is 1. The average molecular weight is 280 g/mol. The zero-order chi connectivity index (χ0) is 9.14. The number of halogens is 1. The number of carboxylic acids is 1. The Hall–Kier alpha value is -0.590. The van der Waals surface area contributed by atoms with Gasteiger partial charge < -0.3 is 5.11 Å². The predicted octanol–water partition coefficient (Wildman–Crippen LogP) is 1.60. The largest absolute Gasteiger partial charge is 0.477 e. The summed E-state index contributed by atoms with van der Waals surface area (Å²) in [6, 6.07) is 1.57. The molecule has 1 rings (SSSR count). The van der Waals surface area contributed by atoms with Gasteiger partial charge in [-0.05, 0) is 29.0 Å². The lowest BCUT2D eigenvalue weighted by Crippen LogP contribution is -2.09. The molecular weight excluding hydrogens is 271 g/mol.